The van der Waals surface area contributed by atoms with Crippen LogP contribution in [0.5, 0.6) is 0 Å². The Morgan fingerprint density at radius 3 is 1.81 bits per heavy atom. The van der Waals surface area contributed by atoms with Crippen molar-refractivity contribution in [3.8, 4) is 0 Å². The van der Waals surface area contributed by atoms with Crippen LogP contribution < -0.4 is 4.72 Å². The van der Waals surface area contributed by atoms with Gasteiger partial charge in [0.1, 0.15) is 0 Å². The first-order chi connectivity index (χ1) is 6.83. The second kappa shape index (κ2) is 5.05. The fourth-order valence-electron chi connectivity index (χ4n) is 0.946. The molecule has 0 aliphatic rings. The summed E-state index contributed by atoms with van der Waals surface area (Å²) in [5, 5.41) is 0. The van der Waals surface area contributed by atoms with Gasteiger partial charge < -0.3 is 0 Å². The Bertz CT molecular complexity index is 307. The molecule has 0 spiro atoms. The van der Waals surface area contributed by atoms with Crippen LogP contribution in [0.1, 0.15) is 54.9 Å². The monoisotopic (exact) mass is 249 g/mol. The van der Waals surface area contributed by atoms with Gasteiger partial charge in [0.15, 0.2) is 0 Å². The zero-order valence-corrected chi connectivity index (χ0v) is 12.5. The first kappa shape index (κ1) is 15.9. The standard InChI is InChI=1S/C12H27NO2S/c1-10(12(5,6)7)13-16(14,15)9-8-11(2,3)4/h10,13H,8-9H2,1-7H3/t10-/m1/s1. The fourth-order valence-corrected chi connectivity index (χ4v) is 2.84. The summed E-state index contributed by atoms with van der Waals surface area (Å²) >= 11 is 0. The van der Waals surface area contributed by atoms with E-state index in [1.807, 2.05) is 27.7 Å². The van der Waals surface area contributed by atoms with E-state index in [1.54, 1.807) is 0 Å². The highest BCUT2D eigenvalue weighted by atomic mass is 32.2. The van der Waals surface area contributed by atoms with Crippen LogP contribution in [0.4, 0.5) is 0 Å². The quantitative estimate of drug-likeness (QED) is 0.832. The van der Waals surface area contributed by atoms with Gasteiger partial charge in [-0.15, -0.1) is 0 Å². The third kappa shape index (κ3) is 7.23. The van der Waals surface area contributed by atoms with Crippen LogP contribution in [0, 0.1) is 10.8 Å². The van der Waals surface area contributed by atoms with Gasteiger partial charge in [-0.05, 0) is 24.2 Å². The molecule has 0 unspecified atom stereocenters. The summed E-state index contributed by atoms with van der Waals surface area (Å²) in [6, 6.07) is -0.0440. The smallest absolute Gasteiger partial charge is 0.211 e. The average Bonchev–Trinajstić information content (AvgIpc) is 1.97. The third-order valence-corrected chi connectivity index (χ3v) is 4.23. The Balaban J connectivity index is 4.38. The highest BCUT2D eigenvalue weighted by Crippen LogP contribution is 2.21. The molecule has 0 aromatic carbocycles. The predicted molar refractivity (Wildman–Crippen MR) is 69.9 cm³/mol. The summed E-state index contributed by atoms with van der Waals surface area (Å²) in [5.41, 5.74) is 0.00846. The van der Waals surface area contributed by atoms with E-state index in [9.17, 15) is 8.42 Å². The number of hydrogen-bond acceptors (Lipinski definition) is 2. The molecule has 0 saturated carbocycles. The van der Waals surface area contributed by atoms with Crippen molar-refractivity contribution in [3.05, 3.63) is 0 Å². The van der Waals surface area contributed by atoms with Gasteiger partial charge in [0.25, 0.3) is 0 Å². The molecule has 0 aliphatic heterocycles. The third-order valence-electron chi connectivity index (χ3n) is 2.78. The second-order valence-electron chi connectivity index (χ2n) is 6.84. The maximum absolute atomic E-state index is 11.8. The minimum Gasteiger partial charge on any atom is -0.212 e. The zero-order valence-electron chi connectivity index (χ0n) is 11.7. The van der Waals surface area contributed by atoms with Gasteiger partial charge in [-0.1, -0.05) is 41.5 Å². The predicted octanol–water partition coefficient (Wildman–Crippen LogP) is 2.78. The minimum absolute atomic E-state index is 0.0440. The van der Waals surface area contributed by atoms with E-state index in [-0.39, 0.29) is 22.6 Å². The number of rotatable bonds is 4. The lowest BCUT2D eigenvalue weighted by Gasteiger charge is -2.28. The lowest BCUT2D eigenvalue weighted by molar-refractivity contribution is 0.316. The summed E-state index contributed by atoms with van der Waals surface area (Å²) in [4.78, 5) is 0. The molecule has 0 fully saturated rings. The Morgan fingerprint density at radius 2 is 1.50 bits per heavy atom. The van der Waals surface area contributed by atoms with E-state index in [4.69, 9.17) is 0 Å². The van der Waals surface area contributed by atoms with Crippen LogP contribution in [0.2, 0.25) is 0 Å². The summed E-state index contributed by atoms with van der Waals surface area (Å²) in [6.07, 6.45) is 0.680. The van der Waals surface area contributed by atoms with Gasteiger partial charge >= 0.3 is 0 Å². The molecule has 0 heterocycles. The molecule has 1 N–H and O–H groups in total. The highest BCUT2D eigenvalue weighted by molar-refractivity contribution is 7.89. The van der Waals surface area contributed by atoms with Gasteiger partial charge in [-0.3, -0.25) is 0 Å². The second-order valence-corrected chi connectivity index (χ2v) is 8.71. The van der Waals surface area contributed by atoms with Gasteiger partial charge in [0.05, 0.1) is 5.75 Å². The van der Waals surface area contributed by atoms with Gasteiger partial charge in [-0.2, -0.15) is 0 Å². The topological polar surface area (TPSA) is 46.2 Å². The highest BCUT2D eigenvalue weighted by Gasteiger charge is 2.25. The summed E-state index contributed by atoms with van der Waals surface area (Å²) < 4.78 is 26.4. The molecule has 0 radical (unpaired) electrons. The van der Waals surface area contributed by atoms with Crippen molar-refractivity contribution in [2.75, 3.05) is 5.75 Å². The summed E-state index contributed by atoms with van der Waals surface area (Å²) in [6.45, 7) is 14.2. The van der Waals surface area contributed by atoms with Crippen LogP contribution >= 0.6 is 0 Å². The SMILES string of the molecule is C[C@@H](NS(=O)(=O)CCC(C)(C)C)C(C)(C)C. The molecule has 16 heavy (non-hydrogen) atoms. The first-order valence-electron chi connectivity index (χ1n) is 5.83. The van der Waals surface area contributed by atoms with Crippen LogP contribution in [0.3, 0.4) is 0 Å². The van der Waals surface area contributed by atoms with Crippen LogP contribution in [0.25, 0.3) is 0 Å². The molecule has 98 valence electrons. The van der Waals surface area contributed by atoms with Crippen LogP contribution in [-0.4, -0.2) is 20.2 Å². The molecule has 0 aliphatic carbocycles. The Kier molecular flexibility index (Phi) is 5.02. The average molecular weight is 249 g/mol. The van der Waals surface area contributed by atoms with Crippen molar-refractivity contribution >= 4 is 10.0 Å². The first-order valence-corrected chi connectivity index (χ1v) is 7.49. The molecule has 0 aromatic rings. The van der Waals surface area contributed by atoms with Crippen molar-refractivity contribution in [1.82, 2.24) is 4.72 Å². The van der Waals surface area contributed by atoms with E-state index >= 15 is 0 Å². The van der Waals surface area contributed by atoms with E-state index in [0.29, 0.717) is 6.42 Å². The molecule has 1 atom stereocenters. The number of sulfonamides is 1. The van der Waals surface area contributed by atoms with E-state index in [2.05, 4.69) is 25.5 Å². The van der Waals surface area contributed by atoms with Gasteiger partial charge in [0.2, 0.25) is 10.0 Å². The number of hydrogen-bond donors (Lipinski definition) is 1. The minimum atomic E-state index is -3.15. The molecule has 0 bridgehead atoms. The molecule has 0 aromatic heterocycles. The molecular formula is C12H27NO2S. The van der Waals surface area contributed by atoms with Crippen molar-refractivity contribution in [1.29, 1.82) is 0 Å². The fraction of sp³-hybridized carbons (Fsp3) is 1.00. The van der Waals surface area contributed by atoms with Crippen LogP contribution in [0.15, 0.2) is 0 Å². The van der Waals surface area contributed by atoms with E-state index in [0.717, 1.165) is 0 Å². The number of nitrogens with one attached hydrogen (secondary N) is 1. The Labute approximate surface area is 101 Å². The van der Waals surface area contributed by atoms with E-state index in [1.165, 1.54) is 0 Å². The molecule has 0 saturated heterocycles. The molecule has 0 amide bonds. The summed E-state index contributed by atoms with van der Waals surface area (Å²) in [7, 11) is -3.15. The van der Waals surface area contributed by atoms with E-state index < -0.39 is 10.0 Å². The van der Waals surface area contributed by atoms with Gasteiger partial charge in [-0.25, -0.2) is 13.1 Å². The largest absolute Gasteiger partial charge is 0.212 e. The Morgan fingerprint density at radius 1 is 1.06 bits per heavy atom. The Hall–Kier alpha value is -0.0900. The maximum atomic E-state index is 11.8. The van der Waals surface area contributed by atoms with Crippen molar-refractivity contribution in [3.63, 3.8) is 0 Å². The van der Waals surface area contributed by atoms with Crippen molar-refractivity contribution in [2.24, 2.45) is 10.8 Å². The van der Waals surface area contributed by atoms with Crippen molar-refractivity contribution < 1.29 is 8.42 Å². The normalized spacial score (nSPS) is 16.2. The molecule has 0 rings (SSSR count). The molecule has 4 heteroatoms. The van der Waals surface area contributed by atoms with Crippen LogP contribution in [-0.2, 0) is 10.0 Å². The van der Waals surface area contributed by atoms with Gasteiger partial charge in [0, 0.05) is 6.04 Å². The van der Waals surface area contributed by atoms with Crippen molar-refractivity contribution in [2.45, 2.75) is 60.9 Å². The summed E-state index contributed by atoms with van der Waals surface area (Å²) in [5.74, 6) is 0.205. The lowest BCUT2D eigenvalue weighted by Crippen LogP contribution is -2.42. The molecule has 3 nitrogen and oxygen atoms in total. The maximum Gasteiger partial charge on any atom is 0.211 e. The lowest BCUT2D eigenvalue weighted by atomic mass is 9.89. The zero-order chi connectivity index (χ0) is 13.2. The molecular weight excluding hydrogens is 222 g/mol.